The third kappa shape index (κ3) is 3.06. The molecule has 0 bridgehead atoms. The highest BCUT2D eigenvalue weighted by Crippen LogP contribution is 2.27. The molecule has 0 aromatic carbocycles. The molecule has 0 atom stereocenters. The molecule has 6 nitrogen and oxygen atoms in total. The number of rotatable bonds is 5. The molecule has 6 heteroatoms. The minimum absolute atomic E-state index is 0.128. The normalized spacial score (nSPS) is 23.1. The van der Waals surface area contributed by atoms with E-state index < -0.39 is 11.6 Å². The predicted octanol–water partition coefficient (Wildman–Crippen LogP) is 0.173. The number of methoxy groups -OCH3 is 1. The van der Waals surface area contributed by atoms with Crippen molar-refractivity contribution >= 4 is 11.9 Å². The smallest absolute Gasteiger partial charge is 0.336 e. The van der Waals surface area contributed by atoms with Crippen LogP contribution in [0, 0.1) is 0 Å². The van der Waals surface area contributed by atoms with Crippen LogP contribution in [0.15, 0.2) is 0 Å². The molecule has 1 N–H and O–H groups in total. The summed E-state index contributed by atoms with van der Waals surface area (Å²) in [6.45, 7) is 1.56. The maximum Gasteiger partial charge on any atom is 0.336 e. The second-order valence-electron chi connectivity index (χ2n) is 5.52. The molecule has 0 aromatic rings. The first kappa shape index (κ1) is 14.3. The minimum atomic E-state index is -1.07. The van der Waals surface area contributed by atoms with Crippen LogP contribution in [0.3, 0.4) is 0 Å². The molecule has 1 aliphatic heterocycles. The first-order valence-electron chi connectivity index (χ1n) is 6.75. The first-order chi connectivity index (χ1) is 8.98. The zero-order valence-corrected chi connectivity index (χ0v) is 11.6. The highest BCUT2D eigenvalue weighted by molar-refractivity contribution is 5.79. The number of ether oxygens (including phenoxy) is 1. The van der Waals surface area contributed by atoms with E-state index in [1.54, 1.807) is 0 Å². The van der Waals surface area contributed by atoms with Crippen molar-refractivity contribution < 1.29 is 19.4 Å². The van der Waals surface area contributed by atoms with Gasteiger partial charge in [-0.1, -0.05) is 0 Å². The Morgan fingerprint density at radius 1 is 1.37 bits per heavy atom. The van der Waals surface area contributed by atoms with E-state index >= 15 is 0 Å². The third-order valence-electron chi connectivity index (χ3n) is 4.29. The quantitative estimate of drug-likeness (QED) is 0.771. The molecule has 2 aliphatic rings. The molecule has 2 rings (SSSR count). The number of carboxylic acids is 1. The van der Waals surface area contributed by atoms with Crippen molar-refractivity contribution in [1.82, 2.24) is 9.80 Å². The number of piperidine rings is 1. The molecular weight excluding hydrogens is 248 g/mol. The van der Waals surface area contributed by atoms with Crippen LogP contribution in [0.25, 0.3) is 0 Å². The number of amides is 1. The summed E-state index contributed by atoms with van der Waals surface area (Å²) < 4.78 is 5.17. The monoisotopic (exact) mass is 270 g/mol. The lowest BCUT2D eigenvalue weighted by Gasteiger charge is -2.37. The minimum Gasteiger partial charge on any atom is -0.479 e. The number of likely N-dealkylation sites (tertiary alicyclic amines) is 1. The van der Waals surface area contributed by atoms with Gasteiger partial charge in [-0.15, -0.1) is 0 Å². The van der Waals surface area contributed by atoms with Gasteiger partial charge in [0.25, 0.3) is 0 Å². The van der Waals surface area contributed by atoms with Gasteiger partial charge < -0.3 is 14.7 Å². The molecule has 108 valence electrons. The Morgan fingerprint density at radius 2 is 1.95 bits per heavy atom. The zero-order chi connectivity index (χ0) is 14.0. The van der Waals surface area contributed by atoms with Gasteiger partial charge in [-0.05, 0) is 25.7 Å². The fraction of sp³-hybridized carbons (Fsp3) is 0.846. The number of nitrogens with zero attached hydrogens (tertiary/aromatic N) is 2. The average molecular weight is 270 g/mol. The summed E-state index contributed by atoms with van der Waals surface area (Å²) in [6.07, 6.45) is 3.07. The molecule has 1 amide bonds. The van der Waals surface area contributed by atoms with Crippen molar-refractivity contribution in [3.63, 3.8) is 0 Å². The van der Waals surface area contributed by atoms with Gasteiger partial charge in [0.1, 0.15) is 0 Å². The molecule has 0 spiro atoms. The molecule has 1 saturated carbocycles. The van der Waals surface area contributed by atoms with E-state index in [0.29, 0.717) is 38.5 Å². The van der Waals surface area contributed by atoms with Crippen LogP contribution in [-0.4, -0.2) is 72.2 Å². The number of carbonyl (C=O) groups excluding carboxylic acids is 1. The van der Waals surface area contributed by atoms with Crippen molar-refractivity contribution in [3.8, 4) is 0 Å². The molecule has 2 fully saturated rings. The van der Waals surface area contributed by atoms with E-state index in [0.717, 1.165) is 12.8 Å². The number of hydrogen-bond acceptors (Lipinski definition) is 4. The molecular formula is C13H22N2O4. The summed E-state index contributed by atoms with van der Waals surface area (Å²) in [5.74, 6) is -0.779. The van der Waals surface area contributed by atoms with E-state index in [2.05, 4.69) is 0 Å². The van der Waals surface area contributed by atoms with Crippen LogP contribution in [0.5, 0.6) is 0 Å². The molecule has 0 unspecified atom stereocenters. The lowest BCUT2D eigenvalue weighted by molar-refractivity contribution is -0.168. The van der Waals surface area contributed by atoms with Crippen LogP contribution < -0.4 is 0 Å². The lowest BCUT2D eigenvalue weighted by Crippen LogP contribution is -2.52. The largest absolute Gasteiger partial charge is 0.479 e. The van der Waals surface area contributed by atoms with Crippen molar-refractivity contribution in [3.05, 3.63) is 0 Å². The first-order valence-corrected chi connectivity index (χ1v) is 6.75. The van der Waals surface area contributed by atoms with Crippen LogP contribution in [0.2, 0.25) is 0 Å². The van der Waals surface area contributed by atoms with Gasteiger partial charge in [-0.3, -0.25) is 9.69 Å². The van der Waals surface area contributed by atoms with E-state index in [1.165, 1.54) is 7.11 Å². The molecule has 1 aliphatic carbocycles. The maximum absolute atomic E-state index is 12.0. The third-order valence-corrected chi connectivity index (χ3v) is 4.29. The summed E-state index contributed by atoms with van der Waals surface area (Å²) in [6, 6.07) is 0.425. The van der Waals surface area contributed by atoms with E-state index in [4.69, 9.17) is 4.74 Å². The fourth-order valence-corrected chi connectivity index (χ4v) is 2.55. The van der Waals surface area contributed by atoms with Crippen molar-refractivity contribution in [2.75, 3.05) is 33.8 Å². The Balaban J connectivity index is 1.82. The summed E-state index contributed by atoms with van der Waals surface area (Å²) in [5.41, 5.74) is -1.07. The number of carbonyl (C=O) groups is 2. The molecule has 0 radical (unpaired) electrons. The Kier molecular flexibility index (Phi) is 4.10. The van der Waals surface area contributed by atoms with E-state index in [1.807, 2.05) is 16.8 Å². The van der Waals surface area contributed by atoms with E-state index in [-0.39, 0.29) is 5.91 Å². The maximum atomic E-state index is 12.0. The average Bonchev–Trinajstić information content (AvgIpc) is 3.23. The highest BCUT2D eigenvalue weighted by Gasteiger charge is 2.42. The number of aliphatic carboxylic acids is 1. The summed E-state index contributed by atoms with van der Waals surface area (Å²) in [4.78, 5) is 27.0. The van der Waals surface area contributed by atoms with Crippen molar-refractivity contribution in [2.45, 2.75) is 37.3 Å². The summed E-state index contributed by atoms with van der Waals surface area (Å²) in [5, 5.41) is 9.21. The fourth-order valence-electron chi connectivity index (χ4n) is 2.55. The van der Waals surface area contributed by atoms with Gasteiger partial charge in [0.15, 0.2) is 5.60 Å². The molecule has 1 saturated heterocycles. The zero-order valence-electron chi connectivity index (χ0n) is 11.6. The van der Waals surface area contributed by atoms with Gasteiger partial charge >= 0.3 is 5.97 Å². The number of hydrogen-bond donors (Lipinski definition) is 1. The van der Waals surface area contributed by atoms with Gasteiger partial charge in [-0.2, -0.15) is 0 Å². The Labute approximate surface area is 113 Å². The Morgan fingerprint density at radius 3 is 2.37 bits per heavy atom. The van der Waals surface area contributed by atoms with Crippen LogP contribution in [-0.2, 0) is 14.3 Å². The van der Waals surface area contributed by atoms with Crippen LogP contribution >= 0.6 is 0 Å². The summed E-state index contributed by atoms with van der Waals surface area (Å²) >= 11 is 0. The predicted molar refractivity (Wildman–Crippen MR) is 68.8 cm³/mol. The SMILES string of the molecule is COC1(C(=O)O)CCN(CC(=O)N(C)C2CC2)CC1. The summed E-state index contributed by atoms with van der Waals surface area (Å²) in [7, 11) is 3.29. The highest BCUT2D eigenvalue weighted by atomic mass is 16.5. The topological polar surface area (TPSA) is 70.1 Å². The van der Waals surface area contributed by atoms with Gasteiger partial charge in [0, 0.05) is 33.3 Å². The van der Waals surface area contributed by atoms with Crippen molar-refractivity contribution in [1.29, 1.82) is 0 Å². The second kappa shape index (κ2) is 5.46. The van der Waals surface area contributed by atoms with Crippen LogP contribution in [0.1, 0.15) is 25.7 Å². The second-order valence-corrected chi connectivity index (χ2v) is 5.52. The Bertz CT molecular complexity index is 360. The van der Waals surface area contributed by atoms with E-state index in [9.17, 15) is 14.7 Å². The lowest BCUT2D eigenvalue weighted by atomic mass is 9.91. The molecule has 1 heterocycles. The molecule has 19 heavy (non-hydrogen) atoms. The number of likely N-dealkylation sites (N-methyl/N-ethyl adjacent to an activating group) is 1. The van der Waals surface area contributed by atoms with Gasteiger partial charge in [0.05, 0.1) is 6.54 Å². The van der Waals surface area contributed by atoms with Crippen LogP contribution in [0.4, 0.5) is 0 Å². The standard InChI is InChI=1S/C13H22N2O4/c1-14(10-3-4-10)11(16)9-15-7-5-13(19-2,6-8-15)12(17)18/h10H,3-9H2,1-2H3,(H,17,18). The Hall–Kier alpha value is -1.14. The van der Waals surface area contributed by atoms with Gasteiger partial charge in [0.2, 0.25) is 5.91 Å². The number of carboxylic acid groups (broad SMARTS) is 1. The molecule has 0 aromatic heterocycles. The van der Waals surface area contributed by atoms with Gasteiger partial charge in [-0.25, -0.2) is 4.79 Å². The van der Waals surface area contributed by atoms with Crippen molar-refractivity contribution in [2.24, 2.45) is 0 Å².